The Kier molecular flexibility index (Phi) is 4.92. The van der Waals surface area contributed by atoms with Gasteiger partial charge in [-0.1, -0.05) is 15.9 Å². The lowest BCUT2D eigenvalue weighted by atomic mass is 10.2. The normalized spacial score (nSPS) is 11.4. The zero-order valence-corrected chi connectivity index (χ0v) is 15.0. The van der Waals surface area contributed by atoms with E-state index in [9.17, 15) is 8.42 Å². The van der Waals surface area contributed by atoms with Crippen molar-refractivity contribution in [2.24, 2.45) is 0 Å². The SMILES string of the molecule is CNS(=O)(=O)c1ccc(Nc2cc(Br)ccc2Br)c(N)c1. The third-order valence-electron chi connectivity index (χ3n) is 2.80. The molecule has 21 heavy (non-hydrogen) atoms. The fourth-order valence-corrected chi connectivity index (χ4v) is 3.15. The zero-order valence-electron chi connectivity index (χ0n) is 11.0. The third kappa shape index (κ3) is 3.76. The summed E-state index contributed by atoms with van der Waals surface area (Å²) in [7, 11) is -2.14. The van der Waals surface area contributed by atoms with Crippen LogP contribution in [0.5, 0.6) is 0 Å². The van der Waals surface area contributed by atoms with Crippen molar-refractivity contribution in [2.45, 2.75) is 4.90 Å². The summed E-state index contributed by atoms with van der Waals surface area (Å²) in [6.45, 7) is 0. The smallest absolute Gasteiger partial charge is 0.240 e. The molecule has 2 aromatic rings. The minimum Gasteiger partial charge on any atom is -0.397 e. The Labute approximate surface area is 140 Å². The van der Waals surface area contributed by atoms with E-state index in [1.165, 1.54) is 19.2 Å². The standard InChI is InChI=1S/C13H13Br2N3O2S/c1-17-21(19,20)9-3-5-12(11(16)7-9)18-13-6-8(14)2-4-10(13)15/h2-7,17-18H,16H2,1H3. The van der Waals surface area contributed by atoms with Crippen LogP contribution >= 0.6 is 31.9 Å². The summed E-state index contributed by atoms with van der Waals surface area (Å²) >= 11 is 6.84. The van der Waals surface area contributed by atoms with Gasteiger partial charge < -0.3 is 11.1 Å². The van der Waals surface area contributed by atoms with Gasteiger partial charge in [0.1, 0.15) is 0 Å². The Morgan fingerprint density at radius 3 is 2.38 bits per heavy atom. The fourth-order valence-electron chi connectivity index (χ4n) is 1.68. The lowest BCUT2D eigenvalue weighted by molar-refractivity contribution is 0.588. The Balaban J connectivity index is 2.36. The van der Waals surface area contributed by atoms with Gasteiger partial charge in [-0.2, -0.15) is 0 Å². The lowest BCUT2D eigenvalue weighted by Gasteiger charge is -2.12. The molecule has 0 fully saturated rings. The van der Waals surface area contributed by atoms with E-state index < -0.39 is 10.0 Å². The predicted molar refractivity (Wildman–Crippen MR) is 92.2 cm³/mol. The number of nitrogen functional groups attached to an aromatic ring is 1. The van der Waals surface area contributed by atoms with E-state index in [0.717, 1.165) is 14.6 Å². The van der Waals surface area contributed by atoms with E-state index in [0.29, 0.717) is 11.4 Å². The molecule has 0 saturated carbocycles. The van der Waals surface area contributed by atoms with Gasteiger partial charge in [0.25, 0.3) is 0 Å². The number of hydrogen-bond acceptors (Lipinski definition) is 4. The first kappa shape index (κ1) is 16.3. The maximum absolute atomic E-state index is 11.7. The molecule has 8 heteroatoms. The lowest BCUT2D eigenvalue weighted by Crippen LogP contribution is -2.18. The number of nitrogens with two attached hydrogens (primary N) is 1. The third-order valence-corrected chi connectivity index (χ3v) is 5.40. The van der Waals surface area contributed by atoms with Crippen LogP contribution in [-0.4, -0.2) is 15.5 Å². The molecule has 0 bridgehead atoms. The summed E-state index contributed by atoms with van der Waals surface area (Å²) in [6, 6.07) is 10.2. The largest absolute Gasteiger partial charge is 0.397 e. The molecular weight excluding hydrogens is 422 g/mol. The monoisotopic (exact) mass is 433 g/mol. The quantitative estimate of drug-likeness (QED) is 0.643. The number of benzene rings is 2. The van der Waals surface area contributed by atoms with E-state index in [1.54, 1.807) is 6.07 Å². The number of halogens is 2. The number of sulfonamides is 1. The van der Waals surface area contributed by atoms with Crippen LogP contribution in [0.3, 0.4) is 0 Å². The van der Waals surface area contributed by atoms with Gasteiger partial charge in [0.15, 0.2) is 0 Å². The van der Waals surface area contributed by atoms with Crippen LogP contribution in [0.4, 0.5) is 17.1 Å². The predicted octanol–water partition coefficient (Wildman–Crippen LogP) is 3.45. The molecule has 0 aliphatic carbocycles. The van der Waals surface area contributed by atoms with Crippen molar-refractivity contribution in [2.75, 3.05) is 18.1 Å². The zero-order chi connectivity index (χ0) is 15.6. The van der Waals surface area contributed by atoms with Gasteiger partial charge in [-0.25, -0.2) is 13.1 Å². The molecular formula is C13H13Br2N3O2S. The minimum absolute atomic E-state index is 0.126. The molecule has 4 N–H and O–H groups in total. The van der Waals surface area contributed by atoms with Crippen molar-refractivity contribution in [1.82, 2.24) is 4.72 Å². The van der Waals surface area contributed by atoms with Crippen molar-refractivity contribution in [3.8, 4) is 0 Å². The van der Waals surface area contributed by atoms with Crippen molar-refractivity contribution < 1.29 is 8.42 Å². The summed E-state index contributed by atoms with van der Waals surface area (Å²) in [4.78, 5) is 0.126. The van der Waals surface area contributed by atoms with Gasteiger partial charge in [0.05, 0.1) is 22.0 Å². The molecule has 0 aliphatic rings. The maximum atomic E-state index is 11.7. The first-order valence-electron chi connectivity index (χ1n) is 5.88. The average molecular weight is 435 g/mol. The second kappa shape index (κ2) is 6.35. The van der Waals surface area contributed by atoms with Crippen molar-refractivity contribution in [3.63, 3.8) is 0 Å². The molecule has 2 rings (SSSR count). The van der Waals surface area contributed by atoms with Crippen LogP contribution in [-0.2, 0) is 10.0 Å². The van der Waals surface area contributed by atoms with E-state index in [4.69, 9.17) is 5.73 Å². The van der Waals surface area contributed by atoms with Crippen molar-refractivity contribution >= 4 is 58.9 Å². The molecule has 0 atom stereocenters. The number of rotatable bonds is 4. The maximum Gasteiger partial charge on any atom is 0.240 e. The summed E-state index contributed by atoms with van der Waals surface area (Å²) in [5.74, 6) is 0. The molecule has 0 saturated heterocycles. The first-order chi connectivity index (χ1) is 9.83. The molecule has 0 spiro atoms. The summed E-state index contributed by atoms with van der Waals surface area (Å²) in [5.41, 5.74) is 7.72. The Morgan fingerprint density at radius 1 is 1.05 bits per heavy atom. The van der Waals surface area contributed by atoms with Gasteiger partial charge in [0, 0.05) is 8.95 Å². The van der Waals surface area contributed by atoms with Crippen LogP contribution in [0.25, 0.3) is 0 Å². The van der Waals surface area contributed by atoms with Crippen LogP contribution < -0.4 is 15.8 Å². The molecule has 0 heterocycles. The van der Waals surface area contributed by atoms with Crippen molar-refractivity contribution in [3.05, 3.63) is 45.3 Å². The van der Waals surface area contributed by atoms with E-state index >= 15 is 0 Å². The highest BCUT2D eigenvalue weighted by Crippen LogP contribution is 2.32. The summed E-state index contributed by atoms with van der Waals surface area (Å²) in [5, 5.41) is 3.16. The number of nitrogens with one attached hydrogen (secondary N) is 2. The molecule has 0 amide bonds. The summed E-state index contributed by atoms with van der Waals surface area (Å²) < 4.78 is 27.5. The molecule has 2 aromatic carbocycles. The highest BCUT2D eigenvalue weighted by atomic mass is 79.9. The highest BCUT2D eigenvalue weighted by Gasteiger charge is 2.13. The first-order valence-corrected chi connectivity index (χ1v) is 8.95. The Bertz CT molecular complexity index is 779. The average Bonchev–Trinajstić information content (AvgIpc) is 2.44. The van der Waals surface area contributed by atoms with Crippen molar-refractivity contribution in [1.29, 1.82) is 0 Å². The molecule has 0 aromatic heterocycles. The van der Waals surface area contributed by atoms with E-state index in [1.807, 2.05) is 18.2 Å². The fraction of sp³-hybridized carbons (Fsp3) is 0.0769. The number of anilines is 3. The second-order valence-corrected chi connectivity index (χ2v) is 7.86. The molecule has 0 radical (unpaired) electrons. The van der Waals surface area contributed by atoms with Crippen LogP contribution in [0.1, 0.15) is 0 Å². The van der Waals surface area contributed by atoms with Gasteiger partial charge in [-0.15, -0.1) is 0 Å². The van der Waals surface area contributed by atoms with Gasteiger partial charge in [-0.3, -0.25) is 0 Å². The Morgan fingerprint density at radius 2 is 1.76 bits per heavy atom. The molecule has 0 aliphatic heterocycles. The highest BCUT2D eigenvalue weighted by molar-refractivity contribution is 9.11. The van der Waals surface area contributed by atoms with E-state index in [-0.39, 0.29) is 4.90 Å². The van der Waals surface area contributed by atoms with Crippen LogP contribution in [0, 0.1) is 0 Å². The summed E-state index contributed by atoms with van der Waals surface area (Å²) in [6.07, 6.45) is 0. The van der Waals surface area contributed by atoms with Crippen LogP contribution in [0.15, 0.2) is 50.2 Å². The van der Waals surface area contributed by atoms with Gasteiger partial charge in [0.2, 0.25) is 10.0 Å². The van der Waals surface area contributed by atoms with Crippen LogP contribution in [0.2, 0.25) is 0 Å². The number of hydrogen-bond donors (Lipinski definition) is 3. The Hall–Kier alpha value is -1.09. The molecule has 5 nitrogen and oxygen atoms in total. The van der Waals surface area contributed by atoms with E-state index in [2.05, 4.69) is 41.9 Å². The minimum atomic E-state index is -3.50. The van der Waals surface area contributed by atoms with Gasteiger partial charge in [-0.05, 0) is 59.4 Å². The van der Waals surface area contributed by atoms with Gasteiger partial charge >= 0.3 is 0 Å². The second-order valence-electron chi connectivity index (χ2n) is 4.21. The molecule has 112 valence electrons. The topological polar surface area (TPSA) is 84.2 Å². The molecule has 0 unspecified atom stereocenters.